The van der Waals surface area contributed by atoms with Gasteiger partial charge in [0.2, 0.25) is 0 Å². The number of nitrogens with one attached hydrogen (secondary N) is 1. The summed E-state index contributed by atoms with van der Waals surface area (Å²) in [6.45, 7) is 9.34. The second kappa shape index (κ2) is 7.41. The maximum absolute atomic E-state index is 3.68. The summed E-state index contributed by atoms with van der Waals surface area (Å²) >= 11 is 1.87. The van der Waals surface area contributed by atoms with Crippen molar-refractivity contribution in [3.05, 3.63) is 22.4 Å². The predicted octanol–water partition coefficient (Wildman–Crippen LogP) is 3.88. The lowest BCUT2D eigenvalue weighted by Crippen LogP contribution is -2.44. The highest BCUT2D eigenvalue weighted by molar-refractivity contribution is 7.09. The molecule has 0 radical (unpaired) electrons. The van der Waals surface area contributed by atoms with Gasteiger partial charge in [-0.3, -0.25) is 4.90 Å². The second-order valence-corrected chi connectivity index (χ2v) is 7.11. The van der Waals surface area contributed by atoms with Crippen LogP contribution in [0, 0.1) is 0 Å². The van der Waals surface area contributed by atoms with Gasteiger partial charge in [0.1, 0.15) is 0 Å². The van der Waals surface area contributed by atoms with Crippen molar-refractivity contribution in [3.63, 3.8) is 0 Å². The van der Waals surface area contributed by atoms with Crippen molar-refractivity contribution in [2.75, 3.05) is 6.54 Å². The van der Waals surface area contributed by atoms with E-state index >= 15 is 0 Å². The molecule has 2 rings (SSSR count). The van der Waals surface area contributed by atoms with E-state index < -0.39 is 0 Å². The minimum absolute atomic E-state index is 0.612. The van der Waals surface area contributed by atoms with E-state index in [0.29, 0.717) is 12.1 Å². The van der Waals surface area contributed by atoms with E-state index in [1.165, 1.54) is 37.1 Å². The van der Waals surface area contributed by atoms with Gasteiger partial charge in [-0.2, -0.15) is 0 Å². The Kier molecular flexibility index (Phi) is 5.86. The molecule has 0 aliphatic carbocycles. The van der Waals surface area contributed by atoms with Gasteiger partial charge in [-0.25, -0.2) is 0 Å². The Bertz CT molecular complexity index is 342. The molecule has 1 aromatic heterocycles. The van der Waals surface area contributed by atoms with Gasteiger partial charge in [0.15, 0.2) is 0 Å². The van der Waals surface area contributed by atoms with Crippen molar-refractivity contribution < 1.29 is 0 Å². The molecule has 1 aliphatic heterocycles. The first kappa shape index (κ1) is 15.0. The maximum Gasteiger partial charge on any atom is 0.0333 e. The molecule has 1 saturated heterocycles. The lowest BCUT2D eigenvalue weighted by molar-refractivity contribution is 0.135. The summed E-state index contributed by atoms with van der Waals surface area (Å²) < 4.78 is 0. The molecule has 0 saturated carbocycles. The molecule has 2 unspecified atom stereocenters. The van der Waals surface area contributed by atoms with Crippen LogP contribution in [-0.4, -0.2) is 29.6 Å². The Morgan fingerprint density at radius 3 is 2.79 bits per heavy atom. The smallest absolute Gasteiger partial charge is 0.0333 e. The van der Waals surface area contributed by atoms with Gasteiger partial charge in [-0.1, -0.05) is 12.5 Å². The van der Waals surface area contributed by atoms with Gasteiger partial charge in [-0.15, -0.1) is 11.3 Å². The SMILES string of the molecule is CC(C)N(Cc1cccs1)C(C)CC1CCCCN1. The van der Waals surface area contributed by atoms with Crippen molar-refractivity contribution in [1.82, 2.24) is 10.2 Å². The monoisotopic (exact) mass is 280 g/mol. The molecule has 1 N–H and O–H groups in total. The summed E-state index contributed by atoms with van der Waals surface area (Å²) in [5, 5.41) is 5.86. The molecule has 2 nitrogen and oxygen atoms in total. The molecule has 0 aromatic carbocycles. The zero-order chi connectivity index (χ0) is 13.7. The first-order valence-electron chi connectivity index (χ1n) is 7.68. The summed E-state index contributed by atoms with van der Waals surface area (Å²) in [5.41, 5.74) is 0. The van der Waals surface area contributed by atoms with Gasteiger partial charge in [-0.05, 0) is 58.0 Å². The lowest BCUT2D eigenvalue weighted by atomic mass is 9.97. The van der Waals surface area contributed by atoms with E-state index in [9.17, 15) is 0 Å². The molecular formula is C16H28N2S. The molecule has 0 amide bonds. The third-order valence-corrected chi connectivity index (χ3v) is 5.05. The molecule has 1 aliphatic rings. The van der Waals surface area contributed by atoms with E-state index in [0.717, 1.165) is 12.6 Å². The third-order valence-electron chi connectivity index (χ3n) is 4.19. The van der Waals surface area contributed by atoms with Crippen molar-refractivity contribution >= 4 is 11.3 Å². The number of thiophene rings is 1. The minimum atomic E-state index is 0.612. The fourth-order valence-electron chi connectivity index (χ4n) is 3.10. The number of nitrogens with zero attached hydrogens (tertiary/aromatic N) is 1. The fraction of sp³-hybridized carbons (Fsp3) is 0.750. The number of hydrogen-bond acceptors (Lipinski definition) is 3. The van der Waals surface area contributed by atoms with Crippen LogP contribution in [0.25, 0.3) is 0 Å². The Balaban J connectivity index is 1.89. The largest absolute Gasteiger partial charge is 0.314 e. The van der Waals surface area contributed by atoms with Crippen molar-refractivity contribution in [2.45, 2.75) is 71.1 Å². The fourth-order valence-corrected chi connectivity index (χ4v) is 3.81. The number of piperidine rings is 1. The molecule has 2 atom stereocenters. The highest BCUT2D eigenvalue weighted by Crippen LogP contribution is 2.20. The molecular weight excluding hydrogens is 252 g/mol. The molecule has 1 fully saturated rings. The van der Waals surface area contributed by atoms with Crippen LogP contribution in [0.3, 0.4) is 0 Å². The van der Waals surface area contributed by atoms with Gasteiger partial charge < -0.3 is 5.32 Å². The standard InChI is InChI=1S/C16H28N2S/c1-13(2)18(12-16-8-6-10-19-16)14(3)11-15-7-4-5-9-17-15/h6,8,10,13-15,17H,4-5,7,9,11-12H2,1-3H3. The quantitative estimate of drug-likeness (QED) is 0.850. The molecule has 0 bridgehead atoms. The van der Waals surface area contributed by atoms with Crippen LogP contribution in [0.1, 0.15) is 51.3 Å². The maximum atomic E-state index is 3.68. The molecule has 3 heteroatoms. The second-order valence-electron chi connectivity index (χ2n) is 6.08. The Morgan fingerprint density at radius 1 is 1.37 bits per heavy atom. The molecule has 2 heterocycles. The van der Waals surface area contributed by atoms with Gasteiger partial charge in [0.25, 0.3) is 0 Å². The first-order valence-corrected chi connectivity index (χ1v) is 8.56. The van der Waals surface area contributed by atoms with Gasteiger partial charge in [0, 0.05) is 29.5 Å². The van der Waals surface area contributed by atoms with Crippen LogP contribution < -0.4 is 5.32 Å². The summed E-state index contributed by atoms with van der Waals surface area (Å²) in [6, 6.07) is 6.41. The van der Waals surface area contributed by atoms with Crippen LogP contribution in [-0.2, 0) is 6.54 Å². The Labute approximate surface area is 122 Å². The zero-order valence-corrected chi connectivity index (χ0v) is 13.4. The average molecular weight is 280 g/mol. The number of rotatable bonds is 6. The molecule has 0 spiro atoms. The highest BCUT2D eigenvalue weighted by atomic mass is 32.1. The Hall–Kier alpha value is -0.380. The van der Waals surface area contributed by atoms with E-state index in [-0.39, 0.29) is 0 Å². The molecule has 1 aromatic rings. The first-order chi connectivity index (χ1) is 9.16. The van der Waals surface area contributed by atoms with Crippen LogP contribution in [0.15, 0.2) is 17.5 Å². The van der Waals surface area contributed by atoms with Crippen molar-refractivity contribution in [2.24, 2.45) is 0 Å². The molecule has 19 heavy (non-hydrogen) atoms. The summed E-state index contributed by atoms with van der Waals surface area (Å²) in [5.74, 6) is 0. The van der Waals surface area contributed by atoms with Gasteiger partial charge >= 0.3 is 0 Å². The van der Waals surface area contributed by atoms with Crippen LogP contribution in [0.4, 0.5) is 0 Å². The van der Waals surface area contributed by atoms with Crippen molar-refractivity contribution in [3.8, 4) is 0 Å². The third kappa shape index (κ3) is 4.59. The lowest BCUT2D eigenvalue weighted by Gasteiger charge is -2.35. The highest BCUT2D eigenvalue weighted by Gasteiger charge is 2.22. The van der Waals surface area contributed by atoms with Crippen molar-refractivity contribution in [1.29, 1.82) is 0 Å². The average Bonchev–Trinajstić information content (AvgIpc) is 2.89. The van der Waals surface area contributed by atoms with Gasteiger partial charge in [0.05, 0.1) is 0 Å². The van der Waals surface area contributed by atoms with E-state index in [2.05, 4.69) is 48.5 Å². The normalized spacial score (nSPS) is 22.1. The van der Waals surface area contributed by atoms with E-state index in [1.54, 1.807) is 0 Å². The van der Waals surface area contributed by atoms with Crippen LogP contribution in [0.2, 0.25) is 0 Å². The van der Waals surface area contributed by atoms with Crippen LogP contribution in [0.5, 0.6) is 0 Å². The summed E-state index contributed by atoms with van der Waals surface area (Å²) in [6.07, 6.45) is 5.39. The molecule has 108 valence electrons. The topological polar surface area (TPSA) is 15.3 Å². The summed E-state index contributed by atoms with van der Waals surface area (Å²) in [7, 11) is 0. The van der Waals surface area contributed by atoms with Crippen LogP contribution >= 0.6 is 11.3 Å². The Morgan fingerprint density at radius 2 is 2.21 bits per heavy atom. The summed E-state index contributed by atoms with van der Waals surface area (Å²) in [4.78, 5) is 4.12. The van der Waals surface area contributed by atoms with E-state index in [1.807, 2.05) is 11.3 Å². The van der Waals surface area contributed by atoms with E-state index in [4.69, 9.17) is 0 Å². The predicted molar refractivity (Wildman–Crippen MR) is 84.7 cm³/mol. The zero-order valence-electron chi connectivity index (χ0n) is 12.6. The number of hydrogen-bond donors (Lipinski definition) is 1. The minimum Gasteiger partial charge on any atom is -0.314 e.